The molecule has 0 atom stereocenters. The predicted octanol–water partition coefficient (Wildman–Crippen LogP) is 7.01. The second-order valence-corrected chi connectivity index (χ2v) is 8.45. The molecule has 5 heteroatoms. The number of thiol groups is 1. The summed E-state index contributed by atoms with van der Waals surface area (Å²) in [6, 6.07) is 20.4. The van der Waals surface area contributed by atoms with E-state index in [-0.39, 0.29) is 0 Å². The van der Waals surface area contributed by atoms with Crippen molar-refractivity contribution >= 4 is 46.8 Å². The van der Waals surface area contributed by atoms with E-state index < -0.39 is 0 Å². The number of halogens is 1. The van der Waals surface area contributed by atoms with Gasteiger partial charge in [-0.15, -0.1) is 22.8 Å². The lowest BCUT2D eigenvalue weighted by atomic mass is 10.0. The van der Waals surface area contributed by atoms with Gasteiger partial charge in [-0.3, -0.25) is 0 Å². The second kappa shape index (κ2) is 7.55. The minimum atomic E-state index is 0.729. The molecule has 0 radical (unpaired) electrons. The van der Waals surface area contributed by atoms with Crippen molar-refractivity contribution in [2.75, 3.05) is 0 Å². The molecule has 0 spiro atoms. The van der Waals surface area contributed by atoms with Crippen LogP contribution in [0.1, 0.15) is 11.1 Å². The van der Waals surface area contributed by atoms with Crippen molar-refractivity contribution in [3.8, 4) is 11.3 Å². The number of benzene rings is 3. The van der Waals surface area contributed by atoms with E-state index in [2.05, 4.69) is 53.2 Å². The van der Waals surface area contributed by atoms with Crippen molar-refractivity contribution in [1.82, 2.24) is 10.2 Å². The Morgan fingerprint density at radius 3 is 2.41 bits per heavy atom. The molecular weight excluding hydrogens is 392 g/mol. The number of hydrogen-bond donors (Lipinski definition) is 1. The fourth-order valence-corrected chi connectivity index (χ4v) is 4.59. The van der Waals surface area contributed by atoms with Crippen molar-refractivity contribution in [3.05, 3.63) is 76.8 Å². The van der Waals surface area contributed by atoms with Gasteiger partial charge in [0, 0.05) is 31.1 Å². The average molecular weight is 409 g/mol. The van der Waals surface area contributed by atoms with Gasteiger partial charge < -0.3 is 0 Å². The van der Waals surface area contributed by atoms with Crippen LogP contribution < -0.4 is 0 Å². The number of aryl methyl sites for hydroxylation is 2. The quantitative estimate of drug-likeness (QED) is 0.369. The molecule has 0 bridgehead atoms. The fraction of sp³-hybridized carbons (Fsp3) is 0.0909. The third-order valence-electron chi connectivity index (χ3n) is 4.37. The summed E-state index contributed by atoms with van der Waals surface area (Å²) in [5.74, 6) is 0. The molecule has 134 valence electrons. The van der Waals surface area contributed by atoms with Crippen LogP contribution in [-0.4, -0.2) is 10.2 Å². The number of hydrogen-bond acceptors (Lipinski definition) is 4. The summed E-state index contributed by atoms with van der Waals surface area (Å²) < 4.78 is 0. The number of rotatable bonds is 3. The van der Waals surface area contributed by atoms with Crippen molar-refractivity contribution in [1.29, 1.82) is 0 Å². The highest BCUT2D eigenvalue weighted by Crippen LogP contribution is 2.36. The minimum Gasteiger partial charge on any atom is -0.149 e. The maximum atomic E-state index is 6.21. The first-order valence-corrected chi connectivity index (χ1v) is 10.2. The van der Waals surface area contributed by atoms with Crippen LogP contribution in [0.15, 0.2) is 75.5 Å². The monoisotopic (exact) mass is 408 g/mol. The molecule has 0 saturated carbocycles. The third-order valence-corrected chi connectivity index (χ3v) is 6.03. The number of aromatic nitrogens is 2. The van der Waals surface area contributed by atoms with Crippen molar-refractivity contribution in [2.45, 2.75) is 28.7 Å². The Labute approximate surface area is 173 Å². The topological polar surface area (TPSA) is 25.8 Å². The van der Waals surface area contributed by atoms with Gasteiger partial charge in [0.05, 0.1) is 0 Å². The van der Waals surface area contributed by atoms with Gasteiger partial charge in [0.2, 0.25) is 0 Å². The summed E-state index contributed by atoms with van der Waals surface area (Å²) in [6.45, 7) is 4.08. The molecule has 3 aromatic carbocycles. The van der Waals surface area contributed by atoms with Crippen LogP contribution in [0.5, 0.6) is 0 Å². The first-order chi connectivity index (χ1) is 13.0. The molecular formula is C22H17ClN2S2. The molecule has 0 aliphatic carbocycles. The largest absolute Gasteiger partial charge is 0.149 e. The molecule has 0 unspecified atom stereocenters. The van der Waals surface area contributed by atoms with E-state index in [4.69, 9.17) is 11.6 Å². The molecule has 0 saturated heterocycles. The molecule has 0 N–H and O–H groups in total. The van der Waals surface area contributed by atoms with Gasteiger partial charge in [-0.25, -0.2) is 0 Å². The Hall–Kier alpha value is -2.01. The van der Waals surface area contributed by atoms with Crippen LogP contribution >= 0.6 is 36.0 Å². The first-order valence-electron chi connectivity index (χ1n) is 8.52. The standard InChI is InChI=1S/C22H17ClN2S2/c1-13-9-16(23)12-17(10-13)27-22-19-6-4-3-5-18(19)21(24-25-22)15-8-7-14(2)20(26)11-15/h3-12,26H,1-2H3. The van der Waals surface area contributed by atoms with E-state index in [1.54, 1.807) is 11.8 Å². The lowest BCUT2D eigenvalue weighted by molar-refractivity contribution is 0.960. The summed E-state index contributed by atoms with van der Waals surface area (Å²) in [7, 11) is 0. The lowest BCUT2D eigenvalue weighted by Crippen LogP contribution is -1.94. The zero-order chi connectivity index (χ0) is 19.0. The second-order valence-electron chi connectivity index (χ2n) is 6.47. The zero-order valence-corrected chi connectivity index (χ0v) is 17.4. The summed E-state index contributed by atoms with van der Waals surface area (Å²) in [4.78, 5) is 2.01. The summed E-state index contributed by atoms with van der Waals surface area (Å²) in [5.41, 5.74) is 4.15. The van der Waals surface area contributed by atoms with Gasteiger partial charge in [0.25, 0.3) is 0 Å². The maximum Gasteiger partial charge on any atom is 0.131 e. The zero-order valence-electron chi connectivity index (χ0n) is 14.9. The lowest BCUT2D eigenvalue weighted by Gasteiger charge is -2.11. The Kier molecular flexibility index (Phi) is 5.13. The Balaban J connectivity index is 1.84. The molecule has 0 fully saturated rings. The maximum absolute atomic E-state index is 6.21. The van der Waals surface area contributed by atoms with Crippen LogP contribution in [0.4, 0.5) is 0 Å². The van der Waals surface area contributed by atoms with Crippen LogP contribution in [0.25, 0.3) is 22.0 Å². The molecule has 1 aromatic heterocycles. The van der Waals surface area contributed by atoms with E-state index in [1.165, 1.54) is 0 Å². The van der Waals surface area contributed by atoms with E-state index in [9.17, 15) is 0 Å². The SMILES string of the molecule is Cc1cc(Cl)cc(Sc2nnc(-c3ccc(C)c(S)c3)c3ccccc23)c1. The first kappa shape index (κ1) is 18.4. The van der Waals surface area contributed by atoms with Crippen LogP contribution in [0, 0.1) is 13.8 Å². The van der Waals surface area contributed by atoms with Gasteiger partial charge >= 0.3 is 0 Å². The molecule has 0 aliphatic heterocycles. The van der Waals surface area contributed by atoms with Crippen LogP contribution in [0.2, 0.25) is 5.02 Å². The Morgan fingerprint density at radius 2 is 1.67 bits per heavy atom. The van der Waals surface area contributed by atoms with E-state index in [1.807, 2.05) is 44.2 Å². The molecule has 27 heavy (non-hydrogen) atoms. The molecule has 4 rings (SSSR count). The normalized spacial score (nSPS) is 11.1. The van der Waals surface area contributed by atoms with Crippen molar-refractivity contribution in [3.63, 3.8) is 0 Å². The molecule has 2 nitrogen and oxygen atoms in total. The predicted molar refractivity (Wildman–Crippen MR) is 117 cm³/mol. The highest BCUT2D eigenvalue weighted by molar-refractivity contribution is 7.99. The Morgan fingerprint density at radius 1 is 0.889 bits per heavy atom. The molecule has 1 heterocycles. The minimum absolute atomic E-state index is 0.729. The van der Waals surface area contributed by atoms with Gasteiger partial charge in [0.15, 0.2) is 0 Å². The van der Waals surface area contributed by atoms with E-state index >= 15 is 0 Å². The van der Waals surface area contributed by atoms with Gasteiger partial charge in [-0.05, 0) is 49.2 Å². The van der Waals surface area contributed by atoms with Crippen molar-refractivity contribution in [2.24, 2.45) is 0 Å². The number of nitrogens with zero attached hydrogens (tertiary/aromatic N) is 2. The molecule has 4 aromatic rings. The van der Waals surface area contributed by atoms with Crippen LogP contribution in [0.3, 0.4) is 0 Å². The third kappa shape index (κ3) is 3.84. The highest BCUT2D eigenvalue weighted by atomic mass is 35.5. The van der Waals surface area contributed by atoms with E-state index in [0.717, 1.165) is 53.0 Å². The molecule has 0 aliphatic rings. The number of fused-ring (bicyclic) bond motifs is 1. The van der Waals surface area contributed by atoms with Gasteiger partial charge in [-0.2, -0.15) is 0 Å². The van der Waals surface area contributed by atoms with Gasteiger partial charge in [0.1, 0.15) is 10.7 Å². The average Bonchev–Trinajstić information content (AvgIpc) is 2.64. The summed E-state index contributed by atoms with van der Waals surface area (Å²) in [5, 5.41) is 12.8. The fourth-order valence-electron chi connectivity index (χ4n) is 3.00. The Bertz CT molecular complexity index is 1140. The van der Waals surface area contributed by atoms with Gasteiger partial charge in [-0.1, -0.05) is 59.8 Å². The van der Waals surface area contributed by atoms with Crippen LogP contribution in [-0.2, 0) is 0 Å². The van der Waals surface area contributed by atoms with Crippen molar-refractivity contribution < 1.29 is 0 Å². The smallest absolute Gasteiger partial charge is 0.131 e. The molecule has 0 amide bonds. The van der Waals surface area contributed by atoms with E-state index in [0.29, 0.717) is 0 Å². The highest BCUT2D eigenvalue weighted by Gasteiger charge is 2.13. The summed E-state index contributed by atoms with van der Waals surface area (Å²) in [6.07, 6.45) is 0. The summed E-state index contributed by atoms with van der Waals surface area (Å²) >= 11 is 12.3.